The number of benzene rings is 2. The molecule has 25 heavy (non-hydrogen) atoms. The molecule has 1 aromatic heterocycles. The predicted molar refractivity (Wildman–Crippen MR) is 89.2 cm³/mol. The molecule has 8 nitrogen and oxygen atoms in total. The summed E-state index contributed by atoms with van der Waals surface area (Å²) in [6.07, 6.45) is 0. The molecule has 8 heteroatoms. The maximum absolute atomic E-state index is 12.2. The Morgan fingerprint density at radius 2 is 1.96 bits per heavy atom. The lowest BCUT2D eigenvalue weighted by molar-refractivity contribution is -0.117. The van der Waals surface area contributed by atoms with Gasteiger partial charge in [0.25, 0.3) is 0 Å². The highest BCUT2D eigenvalue weighted by Crippen LogP contribution is 2.34. The fourth-order valence-corrected chi connectivity index (χ4v) is 2.43. The number of hydrogen-bond donors (Lipinski definition) is 1. The van der Waals surface area contributed by atoms with Crippen LogP contribution in [0.1, 0.15) is 5.56 Å². The van der Waals surface area contributed by atoms with Crippen molar-refractivity contribution in [2.75, 3.05) is 12.1 Å². The molecule has 0 atom stereocenters. The van der Waals surface area contributed by atoms with Crippen LogP contribution in [0.4, 0.5) is 5.69 Å². The number of tetrazole rings is 1. The van der Waals surface area contributed by atoms with Gasteiger partial charge in [0.1, 0.15) is 6.54 Å². The average Bonchev–Trinajstić information content (AvgIpc) is 3.24. The number of carbonyl (C=O) groups is 1. The first-order chi connectivity index (χ1) is 12.2. The smallest absolute Gasteiger partial charge is 0.248 e. The summed E-state index contributed by atoms with van der Waals surface area (Å²) in [5.41, 5.74) is 2.63. The first-order valence-electron chi connectivity index (χ1n) is 7.72. The van der Waals surface area contributed by atoms with Gasteiger partial charge in [0.2, 0.25) is 18.5 Å². The van der Waals surface area contributed by atoms with Gasteiger partial charge in [0.15, 0.2) is 11.5 Å². The van der Waals surface area contributed by atoms with Crippen molar-refractivity contribution in [1.29, 1.82) is 0 Å². The van der Waals surface area contributed by atoms with Crippen molar-refractivity contribution in [3.05, 3.63) is 48.0 Å². The summed E-state index contributed by atoms with van der Waals surface area (Å²) in [7, 11) is 0. The number of fused-ring (bicyclic) bond motifs is 1. The number of nitrogens with one attached hydrogen (secondary N) is 1. The van der Waals surface area contributed by atoms with Crippen LogP contribution < -0.4 is 14.8 Å². The minimum atomic E-state index is -0.258. The summed E-state index contributed by atoms with van der Waals surface area (Å²) < 4.78 is 10.5. The highest BCUT2D eigenvalue weighted by molar-refractivity contribution is 5.90. The van der Waals surface area contributed by atoms with E-state index in [0.717, 1.165) is 11.1 Å². The van der Waals surface area contributed by atoms with Gasteiger partial charge in [-0.2, -0.15) is 4.80 Å². The molecule has 1 aliphatic heterocycles. The second-order valence-electron chi connectivity index (χ2n) is 5.63. The van der Waals surface area contributed by atoms with Crippen molar-refractivity contribution in [2.45, 2.75) is 13.5 Å². The van der Waals surface area contributed by atoms with Crippen LogP contribution in [0, 0.1) is 6.92 Å². The van der Waals surface area contributed by atoms with Crippen LogP contribution in [-0.4, -0.2) is 32.9 Å². The second kappa shape index (κ2) is 6.23. The molecular weight excluding hydrogens is 322 g/mol. The van der Waals surface area contributed by atoms with Gasteiger partial charge in [-0.25, -0.2) is 0 Å². The molecule has 0 unspecified atom stereocenters. The van der Waals surface area contributed by atoms with Gasteiger partial charge >= 0.3 is 0 Å². The molecule has 1 aliphatic rings. The lowest BCUT2D eigenvalue weighted by Gasteiger charge is -2.05. The summed E-state index contributed by atoms with van der Waals surface area (Å²) in [4.78, 5) is 13.4. The number of hydrogen-bond acceptors (Lipinski definition) is 6. The van der Waals surface area contributed by atoms with E-state index in [2.05, 4.69) is 20.7 Å². The normalized spacial score (nSPS) is 12.2. The SMILES string of the molecule is Cc1ccc(-c2nnn(CC(=O)Nc3ccc4c(c3)OCO4)n2)cc1. The molecule has 1 amide bonds. The molecule has 0 saturated heterocycles. The van der Waals surface area contributed by atoms with E-state index < -0.39 is 0 Å². The summed E-state index contributed by atoms with van der Waals surface area (Å²) in [6.45, 7) is 2.17. The zero-order chi connectivity index (χ0) is 17.2. The van der Waals surface area contributed by atoms with Gasteiger partial charge in [-0.3, -0.25) is 4.79 Å². The molecule has 2 aromatic carbocycles. The third-order valence-corrected chi connectivity index (χ3v) is 3.70. The predicted octanol–water partition coefficient (Wildman–Crippen LogP) is 2.02. The zero-order valence-corrected chi connectivity index (χ0v) is 13.5. The Hall–Kier alpha value is -3.42. The van der Waals surface area contributed by atoms with E-state index >= 15 is 0 Å². The third-order valence-electron chi connectivity index (χ3n) is 3.70. The van der Waals surface area contributed by atoms with Crippen molar-refractivity contribution >= 4 is 11.6 Å². The quantitative estimate of drug-likeness (QED) is 0.783. The second-order valence-corrected chi connectivity index (χ2v) is 5.63. The molecule has 126 valence electrons. The van der Waals surface area contributed by atoms with E-state index in [-0.39, 0.29) is 19.2 Å². The zero-order valence-electron chi connectivity index (χ0n) is 13.5. The van der Waals surface area contributed by atoms with Gasteiger partial charge in [0, 0.05) is 17.3 Å². The standard InChI is InChI=1S/C17H15N5O3/c1-11-2-4-12(5-3-11)17-19-21-22(20-17)9-16(23)18-13-6-7-14-15(8-13)25-10-24-14/h2-8H,9-10H2,1H3,(H,18,23). The number of anilines is 1. The Morgan fingerprint density at radius 1 is 1.16 bits per heavy atom. The number of nitrogens with zero attached hydrogens (tertiary/aromatic N) is 4. The summed E-state index contributed by atoms with van der Waals surface area (Å²) in [5.74, 6) is 1.50. The Balaban J connectivity index is 1.42. The van der Waals surface area contributed by atoms with Gasteiger partial charge in [-0.05, 0) is 24.3 Å². The van der Waals surface area contributed by atoms with Crippen LogP contribution in [0.25, 0.3) is 11.4 Å². The van der Waals surface area contributed by atoms with Crippen LogP contribution in [0.5, 0.6) is 11.5 Å². The van der Waals surface area contributed by atoms with Crippen molar-refractivity contribution in [2.24, 2.45) is 0 Å². The summed E-state index contributed by atoms with van der Waals surface area (Å²) in [5, 5.41) is 14.9. The van der Waals surface area contributed by atoms with E-state index in [0.29, 0.717) is 23.0 Å². The minimum absolute atomic E-state index is 0.0344. The largest absolute Gasteiger partial charge is 0.454 e. The van der Waals surface area contributed by atoms with Crippen molar-refractivity contribution in [1.82, 2.24) is 20.2 Å². The molecule has 3 aromatic rings. The minimum Gasteiger partial charge on any atom is -0.454 e. The van der Waals surface area contributed by atoms with Crippen molar-refractivity contribution in [3.63, 3.8) is 0 Å². The number of aryl methyl sites for hydroxylation is 1. The molecule has 1 N–H and O–H groups in total. The number of carbonyl (C=O) groups excluding carboxylic acids is 1. The van der Waals surface area contributed by atoms with Gasteiger partial charge in [-0.1, -0.05) is 29.8 Å². The van der Waals surface area contributed by atoms with Crippen molar-refractivity contribution < 1.29 is 14.3 Å². The Morgan fingerprint density at radius 3 is 2.80 bits per heavy atom. The molecular formula is C17H15N5O3. The Labute approximate surface area is 143 Å². The molecule has 0 spiro atoms. The number of ether oxygens (including phenoxy) is 2. The first kappa shape index (κ1) is 15.1. The summed E-state index contributed by atoms with van der Waals surface area (Å²) in [6, 6.07) is 13.0. The number of amides is 1. The van der Waals surface area contributed by atoms with Gasteiger partial charge in [0.05, 0.1) is 0 Å². The Bertz CT molecular complexity index is 920. The lowest BCUT2D eigenvalue weighted by atomic mass is 10.1. The Kier molecular flexibility index (Phi) is 3.77. The maximum atomic E-state index is 12.2. The molecule has 4 rings (SSSR count). The number of aromatic nitrogens is 4. The van der Waals surface area contributed by atoms with Crippen molar-refractivity contribution in [3.8, 4) is 22.9 Å². The van der Waals surface area contributed by atoms with Crippen LogP contribution in [0.15, 0.2) is 42.5 Å². The van der Waals surface area contributed by atoms with E-state index in [1.807, 2.05) is 31.2 Å². The first-order valence-corrected chi connectivity index (χ1v) is 7.72. The third kappa shape index (κ3) is 3.27. The topological polar surface area (TPSA) is 91.2 Å². The summed E-state index contributed by atoms with van der Waals surface area (Å²) >= 11 is 0. The van der Waals surface area contributed by atoms with Crippen LogP contribution in [0.3, 0.4) is 0 Å². The van der Waals surface area contributed by atoms with Gasteiger partial charge in [-0.15, -0.1) is 10.2 Å². The van der Waals surface area contributed by atoms with Gasteiger partial charge < -0.3 is 14.8 Å². The van der Waals surface area contributed by atoms with E-state index in [4.69, 9.17) is 9.47 Å². The number of rotatable bonds is 4. The fraction of sp³-hybridized carbons (Fsp3) is 0.176. The highest BCUT2D eigenvalue weighted by atomic mass is 16.7. The molecule has 0 aliphatic carbocycles. The maximum Gasteiger partial charge on any atom is 0.248 e. The molecule has 0 radical (unpaired) electrons. The monoisotopic (exact) mass is 337 g/mol. The van der Waals surface area contributed by atoms with Crippen LogP contribution >= 0.6 is 0 Å². The van der Waals surface area contributed by atoms with Crippen LogP contribution in [-0.2, 0) is 11.3 Å². The molecule has 0 bridgehead atoms. The van der Waals surface area contributed by atoms with Crippen LogP contribution in [0.2, 0.25) is 0 Å². The average molecular weight is 337 g/mol. The lowest BCUT2D eigenvalue weighted by Crippen LogP contribution is -2.20. The van der Waals surface area contributed by atoms with E-state index in [9.17, 15) is 4.79 Å². The molecule has 2 heterocycles. The van der Waals surface area contributed by atoms with E-state index in [1.54, 1.807) is 18.2 Å². The molecule has 0 saturated carbocycles. The fourth-order valence-electron chi connectivity index (χ4n) is 2.43. The highest BCUT2D eigenvalue weighted by Gasteiger charge is 2.15. The van der Waals surface area contributed by atoms with E-state index in [1.165, 1.54) is 4.80 Å². The molecule has 0 fully saturated rings.